The van der Waals surface area contributed by atoms with Gasteiger partial charge in [-0.05, 0) is 43.7 Å². The Hall–Kier alpha value is -0.580. The van der Waals surface area contributed by atoms with Gasteiger partial charge in [-0.2, -0.15) is 11.8 Å². The smallest absolute Gasteiger partial charge is 0.253 e. The van der Waals surface area contributed by atoms with E-state index in [1.54, 1.807) is 18.2 Å². The van der Waals surface area contributed by atoms with Crippen LogP contribution in [0.15, 0.2) is 18.2 Å². The summed E-state index contributed by atoms with van der Waals surface area (Å²) in [7, 11) is 0. The van der Waals surface area contributed by atoms with Crippen molar-refractivity contribution in [3.8, 4) is 0 Å². The molecule has 20 heavy (non-hydrogen) atoms. The number of hydrogen-bond acceptors (Lipinski definition) is 3. The minimum atomic E-state index is -0.100. The molecule has 1 aromatic carbocycles. The molecule has 1 fully saturated rings. The highest BCUT2D eigenvalue weighted by molar-refractivity contribution is 7.99. The van der Waals surface area contributed by atoms with E-state index in [-0.39, 0.29) is 24.4 Å². The summed E-state index contributed by atoms with van der Waals surface area (Å²) in [6, 6.07) is 5.25. The summed E-state index contributed by atoms with van der Waals surface area (Å²) in [6.07, 6.45) is 6.64. The number of anilines is 1. The molecule has 0 bridgehead atoms. The number of thioether (sulfide) groups is 1. The molecule has 1 saturated carbocycles. The molecule has 0 spiro atoms. The number of nitrogen functional groups attached to an aromatic ring is 1. The average Bonchev–Trinajstić information content (AvgIpc) is 2.38. The van der Waals surface area contributed by atoms with E-state index in [9.17, 15) is 4.79 Å². The quantitative estimate of drug-likeness (QED) is 0.827. The topological polar surface area (TPSA) is 55.1 Å². The van der Waals surface area contributed by atoms with Crippen LogP contribution in [-0.2, 0) is 0 Å². The van der Waals surface area contributed by atoms with E-state index < -0.39 is 0 Å². The number of hydrogen-bond donors (Lipinski definition) is 2. The molecule has 0 radical (unpaired) electrons. The highest BCUT2D eigenvalue weighted by Gasteiger charge is 2.23. The van der Waals surface area contributed by atoms with E-state index in [0.717, 1.165) is 12.8 Å². The van der Waals surface area contributed by atoms with Crippen molar-refractivity contribution >= 4 is 47.4 Å². The van der Waals surface area contributed by atoms with Crippen LogP contribution in [0, 0.1) is 0 Å². The molecule has 6 heteroatoms. The third-order valence-corrected chi connectivity index (χ3v) is 4.94. The first-order valence-corrected chi connectivity index (χ1v) is 8.15. The lowest BCUT2D eigenvalue weighted by Crippen LogP contribution is -2.39. The molecule has 0 aromatic heterocycles. The summed E-state index contributed by atoms with van der Waals surface area (Å²) in [6.45, 7) is 0. The van der Waals surface area contributed by atoms with Crippen LogP contribution in [0.3, 0.4) is 0 Å². The van der Waals surface area contributed by atoms with Gasteiger partial charge < -0.3 is 11.1 Å². The van der Waals surface area contributed by atoms with Gasteiger partial charge in [0.05, 0.1) is 10.6 Å². The van der Waals surface area contributed by atoms with E-state index in [1.807, 2.05) is 11.8 Å². The van der Waals surface area contributed by atoms with E-state index >= 15 is 0 Å². The van der Waals surface area contributed by atoms with Crippen molar-refractivity contribution in [2.45, 2.75) is 37.0 Å². The van der Waals surface area contributed by atoms with Crippen LogP contribution < -0.4 is 11.1 Å². The molecule has 1 aliphatic carbocycles. The lowest BCUT2D eigenvalue weighted by molar-refractivity contribution is 0.0928. The molecular weight excluding hydrogens is 315 g/mol. The van der Waals surface area contributed by atoms with Gasteiger partial charge in [0, 0.05) is 17.0 Å². The zero-order valence-corrected chi connectivity index (χ0v) is 13.8. The Morgan fingerprint density at radius 2 is 2.20 bits per heavy atom. The van der Waals surface area contributed by atoms with Crippen LogP contribution in [0.5, 0.6) is 0 Å². The molecule has 1 aromatic rings. The molecular formula is C14H20Cl2N2OS. The van der Waals surface area contributed by atoms with Crippen LogP contribution in [0.4, 0.5) is 5.69 Å². The first-order valence-electron chi connectivity index (χ1n) is 6.49. The Bertz CT molecular complexity index is 470. The van der Waals surface area contributed by atoms with Gasteiger partial charge in [-0.1, -0.05) is 18.0 Å². The van der Waals surface area contributed by atoms with Crippen LogP contribution in [0.25, 0.3) is 0 Å². The summed E-state index contributed by atoms with van der Waals surface area (Å²) < 4.78 is 0. The fraction of sp³-hybridized carbons (Fsp3) is 0.500. The molecule has 3 N–H and O–H groups in total. The standard InChI is InChI=1S/C14H19ClN2OS.ClH/c1-19-11-4-2-3-10(8-11)17-14(18)12-6-5-9(16)7-13(12)15;/h5-7,10-11H,2-4,8,16H2,1H3,(H,17,18);1H. The number of nitrogens with one attached hydrogen (secondary N) is 1. The summed E-state index contributed by atoms with van der Waals surface area (Å²) in [4.78, 5) is 12.2. The van der Waals surface area contributed by atoms with Crippen LogP contribution in [-0.4, -0.2) is 23.5 Å². The second kappa shape index (κ2) is 8.01. The normalized spacial score (nSPS) is 21.9. The number of carbonyl (C=O) groups excluding carboxylic acids is 1. The van der Waals surface area contributed by atoms with Gasteiger partial charge in [-0.25, -0.2) is 0 Å². The molecule has 1 aliphatic rings. The number of nitrogens with two attached hydrogens (primary N) is 1. The Morgan fingerprint density at radius 1 is 1.45 bits per heavy atom. The number of benzene rings is 1. The minimum absolute atomic E-state index is 0. The third-order valence-electron chi connectivity index (χ3n) is 3.53. The van der Waals surface area contributed by atoms with Crippen LogP contribution >= 0.6 is 35.8 Å². The van der Waals surface area contributed by atoms with Crippen molar-refractivity contribution in [2.24, 2.45) is 0 Å². The third kappa shape index (κ3) is 4.47. The monoisotopic (exact) mass is 334 g/mol. The van der Waals surface area contributed by atoms with Gasteiger partial charge in [-0.3, -0.25) is 4.79 Å². The van der Waals surface area contributed by atoms with Gasteiger partial charge in [0.1, 0.15) is 0 Å². The summed E-state index contributed by atoms with van der Waals surface area (Å²) in [5.41, 5.74) is 6.70. The molecule has 0 saturated heterocycles. The zero-order valence-electron chi connectivity index (χ0n) is 11.4. The highest BCUT2D eigenvalue weighted by atomic mass is 35.5. The van der Waals surface area contributed by atoms with Gasteiger partial charge >= 0.3 is 0 Å². The lowest BCUT2D eigenvalue weighted by atomic mass is 9.94. The first-order chi connectivity index (χ1) is 9.10. The van der Waals surface area contributed by atoms with Crippen molar-refractivity contribution in [3.05, 3.63) is 28.8 Å². The average molecular weight is 335 g/mol. The van der Waals surface area contributed by atoms with Crippen LogP contribution in [0.1, 0.15) is 36.0 Å². The largest absolute Gasteiger partial charge is 0.399 e. The number of rotatable bonds is 3. The van der Waals surface area contributed by atoms with E-state index in [0.29, 0.717) is 21.5 Å². The second-order valence-corrected chi connectivity index (χ2v) is 6.48. The predicted molar refractivity (Wildman–Crippen MR) is 90.1 cm³/mol. The van der Waals surface area contributed by atoms with Gasteiger partial charge in [0.15, 0.2) is 0 Å². The molecule has 2 atom stereocenters. The molecule has 0 aliphatic heterocycles. The molecule has 112 valence electrons. The second-order valence-electron chi connectivity index (χ2n) is 4.93. The van der Waals surface area contributed by atoms with E-state index in [1.165, 1.54) is 12.8 Å². The number of carbonyl (C=O) groups is 1. The Kier molecular flexibility index (Phi) is 7.00. The Labute approximate surface area is 135 Å². The van der Waals surface area contributed by atoms with Crippen molar-refractivity contribution in [1.29, 1.82) is 0 Å². The maximum absolute atomic E-state index is 12.2. The molecule has 3 nitrogen and oxygen atoms in total. The fourth-order valence-corrected chi connectivity index (χ4v) is 3.57. The number of amides is 1. The Balaban J connectivity index is 0.00000200. The van der Waals surface area contributed by atoms with Crippen molar-refractivity contribution in [3.63, 3.8) is 0 Å². The van der Waals surface area contributed by atoms with Gasteiger partial charge in [0.25, 0.3) is 5.91 Å². The van der Waals surface area contributed by atoms with Crippen molar-refractivity contribution in [2.75, 3.05) is 12.0 Å². The van der Waals surface area contributed by atoms with Gasteiger partial charge in [0.2, 0.25) is 0 Å². The fourth-order valence-electron chi connectivity index (χ4n) is 2.47. The molecule has 2 rings (SSSR count). The maximum atomic E-state index is 12.2. The van der Waals surface area contributed by atoms with Crippen molar-refractivity contribution < 1.29 is 4.79 Å². The van der Waals surface area contributed by atoms with Crippen molar-refractivity contribution in [1.82, 2.24) is 5.32 Å². The van der Waals surface area contributed by atoms with E-state index in [2.05, 4.69) is 11.6 Å². The van der Waals surface area contributed by atoms with E-state index in [4.69, 9.17) is 17.3 Å². The molecule has 0 heterocycles. The lowest BCUT2D eigenvalue weighted by Gasteiger charge is -2.28. The zero-order chi connectivity index (χ0) is 13.8. The first kappa shape index (κ1) is 17.5. The Morgan fingerprint density at radius 3 is 2.85 bits per heavy atom. The van der Waals surface area contributed by atoms with Crippen LogP contribution in [0.2, 0.25) is 5.02 Å². The maximum Gasteiger partial charge on any atom is 0.253 e. The highest BCUT2D eigenvalue weighted by Crippen LogP contribution is 2.27. The van der Waals surface area contributed by atoms with Gasteiger partial charge in [-0.15, -0.1) is 12.4 Å². The SMILES string of the molecule is CSC1CCCC(NC(=O)c2ccc(N)cc2Cl)C1.Cl. The molecule has 1 amide bonds. The summed E-state index contributed by atoms with van der Waals surface area (Å²) in [5.74, 6) is -0.100. The summed E-state index contributed by atoms with van der Waals surface area (Å²) in [5, 5.41) is 4.15. The predicted octanol–water partition coefficient (Wildman–Crippen LogP) is 3.75. The minimum Gasteiger partial charge on any atom is -0.399 e. The summed E-state index contributed by atoms with van der Waals surface area (Å²) >= 11 is 7.94. The molecule has 2 unspecified atom stereocenters. The number of halogens is 2.